The third-order valence-electron chi connectivity index (χ3n) is 5.22. The van der Waals surface area contributed by atoms with Gasteiger partial charge < -0.3 is 15.0 Å². The second kappa shape index (κ2) is 8.90. The van der Waals surface area contributed by atoms with Crippen LogP contribution in [-0.4, -0.2) is 35.3 Å². The number of rotatable bonds is 6. The van der Waals surface area contributed by atoms with Gasteiger partial charge in [-0.05, 0) is 38.5 Å². The number of nitrogens with one attached hydrogen (secondary N) is 1. The van der Waals surface area contributed by atoms with Crippen LogP contribution in [0.3, 0.4) is 0 Å². The quantitative estimate of drug-likeness (QED) is 0.761. The minimum absolute atomic E-state index is 0.0833. The Kier molecular flexibility index (Phi) is 6.32. The van der Waals surface area contributed by atoms with Crippen molar-refractivity contribution in [1.82, 2.24) is 4.90 Å². The number of hydrogen-bond donors (Lipinski definition) is 1. The molecule has 1 aliphatic heterocycles. The predicted octanol–water partition coefficient (Wildman–Crippen LogP) is 3.47. The second-order valence-corrected chi connectivity index (χ2v) is 7.47. The van der Waals surface area contributed by atoms with Crippen molar-refractivity contribution < 1.29 is 19.1 Å². The number of carbonyl (C=O) groups is 3. The van der Waals surface area contributed by atoms with Crippen LogP contribution < -0.4 is 5.32 Å². The number of likely N-dealkylation sites (tertiary alicyclic amines) is 1. The lowest BCUT2D eigenvalue weighted by Crippen LogP contribution is -2.33. The molecular weight excluding hydrogens is 368 g/mol. The highest BCUT2D eigenvalue weighted by atomic mass is 16.5. The molecule has 0 aliphatic carbocycles. The predicted molar refractivity (Wildman–Crippen MR) is 110 cm³/mol. The highest BCUT2D eigenvalue weighted by Gasteiger charge is 2.38. The van der Waals surface area contributed by atoms with Crippen LogP contribution in [0.1, 0.15) is 37.4 Å². The van der Waals surface area contributed by atoms with E-state index in [1.807, 2.05) is 56.3 Å². The summed E-state index contributed by atoms with van der Waals surface area (Å²) in [5.41, 5.74) is 2.74. The molecule has 0 saturated carbocycles. The van der Waals surface area contributed by atoms with Crippen LogP contribution in [0.15, 0.2) is 54.6 Å². The van der Waals surface area contributed by atoms with Crippen molar-refractivity contribution in [2.75, 3.05) is 11.9 Å². The number of aryl methyl sites for hydroxylation is 1. The third-order valence-corrected chi connectivity index (χ3v) is 5.22. The fraction of sp³-hybridized carbons (Fsp3) is 0.348. The van der Waals surface area contributed by atoms with E-state index >= 15 is 0 Å². The minimum atomic E-state index is -0.945. The normalized spacial score (nSPS) is 18.2. The number of hydrogen-bond acceptors (Lipinski definition) is 4. The maximum atomic E-state index is 12.5. The molecule has 0 bridgehead atoms. The molecule has 3 atom stereocenters. The topological polar surface area (TPSA) is 75.7 Å². The second-order valence-electron chi connectivity index (χ2n) is 7.47. The van der Waals surface area contributed by atoms with Gasteiger partial charge >= 0.3 is 5.97 Å². The lowest BCUT2D eigenvalue weighted by Gasteiger charge is -2.25. The molecule has 6 heteroatoms. The number of ether oxygens (including phenoxy) is 1. The van der Waals surface area contributed by atoms with E-state index in [-0.39, 0.29) is 18.4 Å². The molecular formula is C23H26N2O4. The third kappa shape index (κ3) is 5.02. The minimum Gasteiger partial charge on any atom is -0.452 e. The Bertz CT molecular complexity index is 880. The first kappa shape index (κ1) is 20.6. The Balaban J connectivity index is 1.55. The molecule has 2 aromatic rings. The number of anilines is 1. The van der Waals surface area contributed by atoms with Gasteiger partial charge in [0.1, 0.15) is 0 Å². The smallest absolute Gasteiger partial charge is 0.312 e. The molecule has 1 fully saturated rings. The van der Waals surface area contributed by atoms with E-state index in [2.05, 4.69) is 5.32 Å². The van der Waals surface area contributed by atoms with Gasteiger partial charge in [-0.2, -0.15) is 0 Å². The summed E-state index contributed by atoms with van der Waals surface area (Å²) < 4.78 is 5.34. The molecule has 29 heavy (non-hydrogen) atoms. The highest BCUT2D eigenvalue weighted by Crippen LogP contribution is 2.29. The molecule has 0 radical (unpaired) electrons. The summed E-state index contributed by atoms with van der Waals surface area (Å²) in [5, 5.41) is 2.73. The fourth-order valence-corrected chi connectivity index (χ4v) is 3.38. The summed E-state index contributed by atoms with van der Waals surface area (Å²) in [6, 6.07) is 16.9. The molecule has 152 valence electrons. The summed E-state index contributed by atoms with van der Waals surface area (Å²) in [4.78, 5) is 39.0. The number of carbonyl (C=O) groups excluding carboxylic acids is 3. The van der Waals surface area contributed by atoms with E-state index in [0.29, 0.717) is 12.2 Å². The Morgan fingerprint density at radius 1 is 1.07 bits per heavy atom. The van der Waals surface area contributed by atoms with E-state index < -0.39 is 23.9 Å². The average Bonchev–Trinajstić information content (AvgIpc) is 3.11. The summed E-state index contributed by atoms with van der Waals surface area (Å²) in [6.45, 7) is 5.72. The van der Waals surface area contributed by atoms with E-state index in [4.69, 9.17) is 4.74 Å². The molecule has 0 aromatic heterocycles. The molecule has 2 amide bonds. The zero-order chi connectivity index (χ0) is 21.0. The van der Waals surface area contributed by atoms with Crippen LogP contribution in [0.4, 0.5) is 5.69 Å². The Hall–Kier alpha value is -3.15. The largest absolute Gasteiger partial charge is 0.452 e. The van der Waals surface area contributed by atoms with Gasteiger partial charge in [-0.1, -0.05) is 48.0 Å². The van der Waals surface area contributed by atoms with Crippen molar-refractivity contribution in [1.29, 1.82) is 0 Å². The van der Waals surface area contributed by atoms with Gasteiger partial charge in [0.25, 0.3) is 5.91 Å². The van der Waals surface area contributed by atoms with Gasteiger partial charge in [-0.3, -0.25) is 14.4 Å². The zero-order valence-corrected chi connectivity index (χ0v) is 16.9. The van der Waals surface area contributed by atoms with Gasteiger partial charge in [0.2, 0.25) is 5.91 Å². The summed E-state index contributed by atoms with van der Waals surface area (Å²) >= 11 is 0. The molecule has 1 saturated heterocycles. The summed E-state index contributed by atoms with van der Waals surface area (Å²) in [7, 11) is 0. The number of amides is 2. The van der Waals surface area contributed by atoms with E-state index in [0.717, 1.165) is 11.1 Å². The van der Waals surface area contributed by atoms with Gasteiger partial charge in [0.15, 0.2) is 6.10 Å². The summed E-state index contributed by atoms with van der Waals surface area (Å²) in [5.74, 6) is -1.57. The number of nitrogens with zero attached hydrogens (tertiary/aromatic N) is 1. The molecule has 0 unspecified atom stereocenters. The highest BCUT2D eigenvalue weighted by molar-refractivity contribution is 5.95. The van der Waals surface area contributed by atoms with Crippen LogP contribution >= 0.6 is 0 Å². The van der Waals surface area contributed by atoms with E-state index in [1.165, 1.54) is 6.92 Å². The van der Waals surface area contributed by atoms with Crippen LogP contribution in [0.25, 0.3) is 0 Å². The standard InChI is InChI=1S/C23H26N2O4/c1-15-9-11-20(12-10-15)24-22(27)17(3)29-23(28)19-13-21(26)25(14-19)16(2)18-7-5-4-6-8-18/h4-12,16-17,19H,13-14H2,1-3H3,(H,24,27)/t16-,17+,19-/m0/s1. The molecule has 0 spiro atoms. The maximum absolute atomic E-state index is 12.5. The van der Waals surface area contributed by atoms with E-state index in [1.54, 1.807) is 17.0 Å². The van der Waals surface area contributed by atoms with Crippen molar-refractivity contribution in [2.24, 2.45) is 5.92 Å². The fourth-order valence-electron chi connectivity index (χ4n) is 3.38. The van der Waals surface area contributed by atoms with Crippen LogP contribution in [-0.2, 0) is 19.1 Å². The van der Waals surface area contributed by atoms with Gasteiger partial charge in [-0.15, -0.1) is 0 Å². The first-order valence-electron chi connectivity index (χ1n) is 9.77. The molecule has 1 N–H and O–H groups in total. The van der Waals surface area contributed by atoms with Crippen LogP contribution in [0.5, 0.6) is 0 Å². The van der Waals surface area contributed by atoms with Crippen LogP contribution in [0, 0.1) is 12.8 Å². The first-order chi connectivity index (χ1) is 13.8. The average molecular weight is 394 g/mol. The van der Waals surface area contributed by atoms with Crippen molar-refractivity contribution in [3.63, 3.8) is 0 Å². The molecule has 2 aromatic carbocycles. The maximum Gasteiger partial charge on any atom is 0.312 e. The van der Waals surface area contributed by atoms with Crippen molar-refractivity contribution in [2.45, 2.75) is 39.3 Å². The van der Waals surface area contributed by atoms with Gasteiger partial charge in [0, 0.05) is 18.7 Å². The SMILES string of the molecule is Cc1ccc(NC(=O)[C@@H](C)OC(=O)[C@H]2CC(=O)N([C@@H](C)c3ccccc3)C2)cc1. The lowest BCUT2D eigenvalue weighted by molar-refractivity contribution is -0.157. The Morgan fingerprint density at radius 3 is 2.38 bits per heavy atom. The monoisotopic (exact) mass is 394 g/mol. The Labute approximate surface area is 170 Å². The van der Waals surface area contributed by atoms with Crippen molar-refractivity contribution in [3.8, 4) is 0 Å². The Morgan fingerprint density at radius 2 is 1.72 bits per heavy atom. The summed E-state index contributed by atoms with van der Waals surface area (Å²) in [6.07, 6.45) is -0.845. The number of esters is 1. The van der Waals surface area contributed by atoms with Crippen molar-refractivity contribution in [3.05, 3.63) is 65.7 Å². The lowest BCUT2D eigenvalue weighted by atomic mass is 10.1. The van der Waals surface area contributed by atoms with Crippen molar-refractivity contribution >= 4 is 23.5 Å². The molecule has 1 heterocycles. The molecule has 1 aliphatic rings. The molecule has 6 nitrogen and oxygen atoms in total. The molecule has 3 rings (SSSR count). The first-order valence-corrected chi connectivity index (χ1v) is 9.77. The number of benzene rings is 2. The van der Waals surface area contributed by atoms with Crippen LogP contribution in [0.2, 0.25) is 0 Å². The van der Waals surface area contributed by atoms with Gasteiger partial charge in [0.05, 0.1) is 12.0 Å². The van der Waals surface area contributed by atoms with Gasteiger partial charge in [-0.25, -0.2) is 0 Å². The van der Waals surface area contributed by atoms with E-state index in [9.17, 15) is 14.4 Å². The zero-order valence-electron chi connectivity index (χ0n) is 16.9.